The van der Waals surface area contributed by atoms with Crippen LogP contribution in [0.5, 0.6) is 0 Å². The summed E-state index contributed by atoms with van der Waals surface area (Å²) in [4.78, 5) is 0.119. The van der Waals surface area contributed by atoms with Crippen molar-refractivity contribution in [3.63, 3.8) is 0 Å². The predicted octanol–water partition coefficient (Wildman–Crippen LogP) is 4.32. The van der Waals surface area contributed by atoms with Gasteiger partial charge in [-0.1, -0.05) is 36.5 Å². The second-order valence-corrected chi connectivity index (χ2v) is 7.52. The molecule has 1 atom stereocenters. The lowest BCUT2D eigenvalue weighted by Gasteiger charge is -2.16. The van der Waals surface area contributed by atoms with E-state index in [2.05, 4.69) is 11.6 Å². The fourth-order valence-corrected chi connectivity index (χ4v) is 3.68. The van der Waals surface area contributed by atoms with Gasteiger partial charge in [0.15, 0.2) is 0 Å². The second-order valence-electron chi connectivity index (χ2n) is 4.56. The number of alkyl halides is 1. The third-order valence-electron chi connectivity index (χ3n) is 2.98. The van der Waals surface area contributed by atoms with Crippen LogP contribution in [0.2, 0.25) is 10.0 Å². The highest BCUT2D eigenvalue weighted by atomic mass is 35.5. The molecule has 0 spiro atoms. The first kappa shape index (κ1) is 18.1. The smallest absolute Gasteiger partial charge is 0.211 e. The van der Waals surface area contributed by atoms with E-state index in [1.807, 2.05) is 0 Å². The lowest BCUT2D eigenvalue weighted by molar-refractivity contribution is 0.457. The summed E-state index contributed by atoms with van der Waals surface area (Å²) >= 11 is 17.3. The Balaban J connectivity index is 2.75. The Morgan fingerprint density at radius 1 is 1.20 bits per heavy atom. The molecule has 114 valence electrons. The SMILES string of the molecule is CCCC(CCCl)CNS(=O)(=O)c1ccc(Cl)c(Cl)c1. The Morgan fingerprint density at radius 2 is 1.90 bits per heavy atom. The normalized spacial score (nSPS) is 13.4. The Bertz CT molecular complexity index is 528. The maximum absolute atomic E-state index is 12.2. The van der Waals surface area contributed by atoms with Crippen LogP contribution in [0.15, 0.2) is 23.1 Å². The van der Waals surface area contributed by atoms with Crippen LogP contribution in [-0.2, 0) is 10.0 Å². The maximum Gasteiger partial charge on any atom is 0.240 e. The van der Waals surface area contributed by atoms with E-state index in [0.29, 0.717) is 17.4 Å². The molecular formula is C13H18Cl3NO2S. The molecule has 0 aliphatic carbocycles. The first-order chi connectivity index (χ1) is 9.40. The average molecular weight is 359 g/mol. The van der Waals surface area contributed by atoms with E-state index in [1.165, 1.54) is 18.2 Å². The largest absolute Gasteiger partial charge is 0.240 e. The molecule has 0 saturated heterocycles. The molecule has 1 aromatic carbocycles. The van der Waals surface area contributed by atoms with E-state index in [4.69, 9.17) is 34.8 Å². The number of hydrogen-bond acceptors (Lipinski definition) is 2. The van der Waals surface area contributed by atoms with Crippen LogP contribution in [0.4, 0.5) is 0 Å². The molecule has 7 heteroatoms. The molecule has 0 fully saturated rings. The second kappa shape index (κ2) is 8.44. The van der Waals surface area contributed by atoms with Gasteiger partial charge in [0.2, 0.25) is 10.0 Å². The molecule has 0 aromatic heterocycles. The van der Waals surface area contributed by atoms with Gasteiger partial charge >= 0.3 is 0 Å². The molecule has 0 saturated carbocycles. The van der Waals surface area contributed by atoms with E-state index >= 15 is 0 Å². The van der Waals surface area contributed by atoms with Gasteiger partial charge in [0.1, 0.15) is 0 Å². The molecule has 0 aliphatic rings. The van der Waals surface area contributed by atoms with Crippen molar-refractivity contribution in [2.75, 3.05) is 12.4 Å². The minimum absolute atomic E-state index is 0.119. The van der Waals surface area contributed by atoms with Gasteiger partial charge in [0.25, 0.3) is 0 Å². The van der Waals surface area contributed by atoms with E-state index in [-0.39, 0.29) is 15.8 Å². The average Bonchev–Trinajstić information content (AvgIpc) is 2.39. The van der Waals surface area contributed by atoms with Crippen molar-refractivity contribution in [2.24, 2.45) is 5.92 Å². The molecular weight excluding hydrogens is 341 g/mol. The predicted molar refractivity (Wildman–Crippen MR) is 85.4 cm³/mol. The van der Waals surface area contributed by atoms with Crippen LogP contribution in [0.25, 0.3) is 0 Å². The van der Waals surface area contributed by atoms with E-state index in [1.54, 1.807) is 0 Å². The van der Waals surface area contributed by atoms with E-state index in [0.717, 1.165) is 19.3 Å². The number of nitrogens with one attached hydrogen (secondary N) is 1. The van der Waals surface area contributed by atoms with Crippen molar-refractivity contribution in [1.82, 2.24) is 4.72 Å². The van der Waals surface area contributed by atoms with Gasteiger partial charge < -0.3 is 0 Å². The molecule has 3 nitrogen and oxygen atoms in total. The summed E-state index contributed by atoms with van der Waals surface area (Å²) in [5.74, 6) is 0.772. The molecule has 1 N–H and O–H groups in total. The van der Waals surface area contributed by atoms with Gasteiger partial charge in [-0.15, -0.1) is 11.6 Å². The molecule has 0 heterocycles. The Labute approximate surface area is 135 Å². The number of sulfonamides is 1. The number of halogens is 3. The molecule has 1 aromatic rings. The van der Waals surface area contributed by atoms with Crippen LogP contribution in [0, 0.1) is 5.92 Å². The first-order valence-corrected chi connectivity index (χ1v) is 9.18. The van der Waals surface area contributed by atoms with E-state index < -0.39 is 10.0 Å². The van der Waals surface area contributed by atoms with E-state index in [9.17, 15) is 8.42 Å². The van der Waals surface area contributed by atoms with Crippen molar-refractivity contribution in [2.45, 2.75) is 31.1 Å². The Hall–Kier alpha value is -0.000000000000000111. The molecule has 0 bridgehead atoms. The van der Waals surface area contributed by atoms with Crippen LogP contribution in [-0.4, -0.2) is 20.8 Å². The summed E-state index contributed by atoms with van der Waals surface area (Å²) in [5.41, 5.74) is 0. The third kappa shape index (κ3) is 5.41. The number of hydrogen-bond donors (Lipinski definition) is 1. The van der Waals surface area contributed by atoms with Gasteiger partial charge in [-0.2, -0.15) is 0 Å². The highest BCUT2D eigenvalue weighted by Crippen LogP contribution is 2.24. The first-order valence-electron chi connectivity index (χ1n) is 6.41. The minimum Gasteiger partial charge on any atom is -0.211 e. The molecule has 0 aliphatic heterocycles. The van der Waals surface area contributed by atoms with Crippen molar-refractivity contribution < 1.29 is 8.42 Å². The van der Waals surface area contributed by atoms with Crippen LogP contribution in [0.1, 0.15) is 26.2 Å². The van der Waals surface area contributed by atoms with Crippen molar-refractivity contribution in [1.29, 1.82) is 0 Å². The fourth-order valence-electron chi connectivity index (χ4n) is 1.87. The monoisotopic (exact) mass is 357 g/mol. The zero-order chi connectivity index (χ0) is 15.2. The van der Waals surface area contributed by atoms with Crippen molar-refractivity contribution in [3.8, 4) is 0 Å². The molecule has 0 amide bonds. The number of rotatable bonds is 8. The molecule has 20 heavy (non-hydrogen) atoms. The maximum atomic E-state index is 12.2. The van der Waals surface area contributed by atoms with Crippen molar-refractivity contribution >= 4 is 44.8 Å². The zero-order valence-electron chi connectivity index (χ0n) is 11.2. The van der Waals surface area contributed by atoms with Gasteiger partial charge in [-0.05, 0) is 37.0 Å². The van der Waals surface area contributed by atoms with Crippen LogP contribution >= 0.6 is 34.8 Å². The molecule has 0 radical (unpaired) electrons. The highest BCUT2D eigenvalue weighted by Gasteiger charge is 2.17. The molecule has 1 unspecified atom stereocenters. The summed E-state index contributed by atoms with van der Waals surface area (Å²) in [7, 11) is -3.57. The lowest BCUT2D eigenvalue weighted by Crippen LogP contribution is -2.29. The minimum atomic E-state index is -3.57. The molecule has 1 rings (SSSR count). The quantitative estimate of drug-likeness (QED) is 0.704. The lowest BCUT2D eigenvalue weighted by atomic mass is 10.0. The third-order valence-corrected chi connectivity index (χ3v) is 5.36. The number of benzene rings is 1. The summed E-state index contributed by atoms with van der Waals surface area (Å²) in [6, 6.07) is 4.26. The summed E-state index contributed by atoms with van der Waals surface area (Å²) < 4.78 is 26.9. The fraction of sp³-hybridized carbons (Fsp3) is 0.538. The van der Waals surface area contributed by atoms with Gasteiger partial charge in [-0.3, -0.25) is 0 Å². The van der Waals surface area contributed by atoms with Gasteiger partial charge in [0, 0.05) is 12.4 Å². The summed E-state index contributed by atoms with van der Waals surface area (Å²) in [5, 5.41) is 0.553. The Kier molecular flexibility index (Phi) is 7.62. The summed E-state index contributed by atoms with van der Waals surface area (Å²) in [6.45, 7) is 2.44. The van der Waals surface area contributed by atoms with Crippen LogP contribution in [0.3, 0.4) is 0 Å². The standard InChI is InChI=1S/C13H18Cl3NO2S/c1-2-3-10(6-7-14)9-17-20(18,19)11-4-5-12(15)13(16)8-11/h4-5,8,10,17H,2-3,6-7,9H2,1H3. The topological polar surface area (TPSA) is 46.2 Å². The van der Waals surface area contributed by atoms with Gasteiger partial charge in [-0.25, -0.2) is 13.1 Å². The van der Waals surface area contributed by atoms with Crippen LogP contribution < -0.4 is 4.72 Å². The van der Waals surface area contributed by atoms with Gasteiger partial charge in [0.05, 0.1) is 14.9 Å². The Morgan fingerprint density at radius 3 is 2.45 bits per heavy atom. The zero-order valence-corrected chi connectivity index (χ0v) is 14.3. The summed E-state index contributed by atoms with van der Waals surface area (Å²) in [6.07, 6.45) is 2.73. The van der Waals surface area contributed by atoms with Crippen molar-refractivity contribution in [3.05, 3.63) is 28.2 Å². The highest BCUT2D eigenvalue weighted by molar-refractivity contribution is 7.89.